The summed E-state index contributed by atoms with van der Waals surface area (Å²) in [6, 6.07) is 13.4. The molecular weight excluding hydrogens is 321 g/mol. The van der Waals surface area contributed by atoms with Gasteiger partial charge in [-0.1, -0.05) is 30.0 Å². The second-order valence-electron chi connectivity index (χ2n) is 3.97. The molecule has 2 nitrogen and oxygen atoms in total. The lowest BCUT2D eigenvalue weighted by molar-refractivity contribution is 0.0957. The smallest absolute Gasteiger partial charge is 0.253 e. The van der Waals surface area contributed by atoms with Gasteiger partial charge in [0.1, 0.15) is 5.82 Å². The van der Waals surface area contributed by atoms with Gasteiger partial charge >= 0.3 is 0 Å². The minimum Gasteiger partial charge on any atom is -0.341 e. The van der Waals surface area contributed by atoms with E-state index in [4.69, 9.17) is 0 Å². The van der Waals surface area contributed by atoms with Crippen LogP contribution in [0.2, 0.25) is 0 Å². The predicted octanol–water partition coefficient (Wildman–Crippen LogP) is 3.37. The molecule has 0 heterocycles. The molecule has 0 aromatic heterocycles. The van der Waals surface area contributed by atoms with Crippen molar-refractivity contribution in [3.63, 3.8) is 0 Å². The summed E-state index contributed by atoms with van der Waals surface area (Å²) in [5.74, 6) is 4.96. The van der Waals surface area contributed by atoms with Gasteiger partial charge in [0.2, 0.25) is 0 Å². The summed E-state index contributed by atoms with van der Waals surface area (Å²) in [5.41, 5.74) is 1.14. The van der Waals surface area contributed by atoms with Gasteiger partial charge in [0, 0.05) is 10.0 Å². The van der Waals surface area contributed by atoms with Crippen molar-refractivity contribution in [1.29, 1.82) is 0 Å². The van der Waals surface area contributed by atoms with E-state index in [0.29, 0.717) is 4.47 Å². The second kappa shape index (κ2) is 6.88. The van der Waals surface area contributed by atoms with E-state index in [1.165, 1.54) is 18.2 Å². The molecule has 0 fully saturated rings. The highest BCUT2D eigenvalue weighted by molar-refractivity contribution is 9.10. The minimum atomic E-state index is -0.450. The zero-order valence-corrected chi connectivity index (χ0v) is 12.1. The number of amides is 1. The molecule has 0 atom stereocenters. The summed E-state index contributed by atoms with van der Waals surface area (Å²) in [6.07, 6.45) is 0. The lowest BCUT2D eigenvalue weighted by Gasteiger charge is -2.04. The van der Waals surface area contributed by atoms with E-state index in [-0.39, 0.29) is 18.0 Å². The maximum absolute atomic E-state index is 13.1. The van der Waals surface area contributed by atoms with Gasteiger partial charge in [-0.3, -0.25) is 4.79 Å². The number of benzene rings is 2. The molecule has 0 saturated heterocycles. The summed E-state index contributed by atoms with van der Waals surface area (Å²) in [7, 11) is 0. The Kier molecular flexibility index (Phi) is 4.91. The Morgan fingerprint density at radius 2 is 1.95 bits per heavy atom. The first-order chi connectivity index (χ1) is 9.66. The number of carbonyl (C=O) groups excluding carboxylic acids is 1. The Hall–Kier alpha value is -2.12. The minimum absolute atomic E-state index is 0.205. The van der Waals surface area contributed by atoms with E-state index in [1.807, 2.05) is 30.3 Å². The third kappa shape index (κ3) is 3.94. The monoisotopic (exact) mass is 331 g/mol. The van der Waals surface area contributed by atoms with Crippen LogP contribution in [0, 0.1) is 17.7 Å². The quantitative estimate of drug-likeness (QED) is 0.840. The molecule has 0 bridgehead atoms. The average molecular weight is 332 g/mol. The van der Waals surface area contributed by atoms with Crippen LogP contribution in [-0.4, -0.2) is 12.5 Å². The molecule has 2 aromatic rings. The van der Waals surface area contributed by atoms with Crippen LogP contribution < -0.4 is 5.32 Å². The molecule has 2 rings (SSSR count). The Morgan fingerprint density at radius 3 is 2.70 bits per heavy atom. The van der Waals surface area contributed by atoms with Crippen LogP contribution in [0.15, 0.2) is 53.0 Å². The van der Waals surface area contributed by atoms with Gasteiger partial charge in [-0.25, -0.2) is 4.39 Å². The molecule has 0 aliphatic carbocycles. The topological polar surface area (TPSA) is 29.1 Å². The Bertz CT molecular complexity index is 674. The van der Waals surface area contributed by atoms with Crippen molar-refractivity contribution in [2.24, 2.45) is 0 Å². The van der Waals surface area contributed by atoms with Crippen molar-refractivity contribution in [2.45, 2.75) is 0 Å². The molecule has 0 unspecified atom stereocenters. The van der Waals surface area contributed by atoms with E-state index in [0.717, 1.165) is 5.56 Å². The van der Waals surface area contributed by atoms with Crippen molar-refractivity contribution in [2.75, 3.05) is 6.54 Å². The molecule has 2 aromatic carbocycles. The molecule has 4 heteroatoms. The van der Waals surface area contributed by atoms with Gasteiger partial charge in [-0.2, -0.15) is 0 Å². The van der Waals surface area contributed by atoms with Crippen molar-refractivity contribution < 1.29 is 9.18 Å². The standard InChI is InChI=1S/C16H11BrFNO/c17-15-9-8-13(18)11-14(15)16(20)19-10-4-7-12-5-2-1-3-6-12/h1-3,5-6,8-9,11H,10H2,(H,19,20). The van der Waals surface area contributed by atoms with Crippen LogP contribution in [-0.2, 0) is 0 Å². The van der Waals surface area contributed by atoms with Crippen LogP contribution in [0.4, 0.5) is 4.39 Å². The highest BCUT2D eigenvalue weighted by atomic mass is 79.9. The van der Waals surface area contributed by atoms with Gasteiger partial charge < -0.3 is 5.32 Å². The summed E-state index contributed by atoms with van der Waals surface area (Å²) in [6.45, 7) is 0.205. The highest BCUT2D eigenvalue weighted by Gasteiger charge is 2.09. The zero-order chi connectivity index (χ0) is 14.4. The normalized spacial score (nSPS) is 9.50. The molecule has 0 radical (unpaired) electrons. The molecular formula is C16H11BrFNO. The highest BCUT2D eigenvalue weighted by Crippen LogP contribution is 2.17. The summed E-state index contributed by atoms with van der Waals surface area (Å²) >= 11 is 3.21. The van der Waals surface area contributed by atoms with Crippen LogP contribution in [0.25, 0.3) is 0 Å². The largest absolute Gasteiger partial charge is 0.341 e. The number of hydrogen-bond donors (Lipinski definition) is 1. The maximum Gasteiger partial charge on any atom is 0.253 e. The second-order valence-corrected chi connectivity index (χ2v) is 4.83. The Morgan fingerprint density at radius 1 is 1.20 bits per heavy atom. The third-order valence-electron chi connectivity index (χ3n) is 2.52. The van der Waals surface area contributed by atoms with Gasteiger partial charge in [-0.05, 0) is 46.3 Å². The molecule has 0 saturated carbocycles. The number of nitrogens with one attached hydrogen (secondary N) is 1. The molecule has 0 spiro atoms. The van der Waals surface area contributed by atoms with Crippen molar-refractivity contribution in [3.8, 4) is 11.8 Å². The molecule has 1 N–H and O–H groups in total. The molecule has 1 amide bonds. The van der Waals surface area contributed by atoms with Gasteiger partial charge in [0.25, 0.3) is 5.91 Å². The number of halogens is 2. The average Bonchev–Trinajstić information content (AvgIpc) is 2.47. The van der Waals surface area contributed by atoms with Crippen molar-refractivity contribution in [3.05, 3.63) is 69.9 Å². The summed E-state index contributed by atoms with van der Waals surface area (Å²) < 4.78 is 13.6. The lowest BCUT2D eigenvalue weighted by Crippen LogP contribution is -2.24. The van der Waals surface area contributed by atoms with Gasteiger partial charge in [0.05, 0.1) is 12.1 Å². The van der Waals surface area contributed by atoms with E-state index in [2.05, 4.69) is 33.1 Å². The first-order valence-corrected chi connectivity index (χ1v) is 6.73. The van der Waals surface area contributed by atoms with Crippen LogP contribution in [0.1, 0.15) is 15.9 Å². The van der Waals surface area contributed by atoms with Crippen LogP contribution in [0.5, 0.6) is 0 Å². The number of carbonyl (C=O) groups is 1. The fraction of sp³-hybridized carbons (Fsp3) is 0.0625. The van der Waals surface area contributed by atoms with E-state index < -0.39 is 5.82 Å². The maximum atomic E-state index is 13.1. The van der Waals surface area contributed by atoms with Crippen LogP contribution >= 0.6 is 15.9 Å². The van der Waals surface area contributed by atoms with Gasteiger partial charge in [0.15, 0.2) is 0 Å². The summed E-state index contributed by atoms with van der Waals surface area (Å²) in [4.78, 5) is 11.9. The van der Waals surface area contributed by atoms with E-state index >= 15 is 0 Å². The fourth-order valence-electron chi connectivity index (χ4n) is 1.56. The molecule has 20 heavy (non-hydrogen) atoms. The first kappa shape index (κ1) is 14.3. The SMILES string of the molecule is O=C(NCC#Cc1ccccc1)c1cc(F)ccc1Br. The van der Waals surface area contributed by atoms with E-state index in [1.54, 1.807) is 0 Å². The summed E-state index contributed by atoms with van der Waals surface area (Å²) in [5, 5.41) is 2.63. The number of hydrogen-bond acceptors (Lipinski definition) is 1. The molecule has 0 aliphatic heterocycles. The zero-order valence-electron chi connectivity index (χ0n) is 10.5. The fourth-order valence-corrected chi connectivity index (χ4v) is 1.99. The first-order valence-electron chi connectivity index (χ1n) is 5.94. The van der Waals surface area contributed by atoms with Crippen molar-refractivity contribution in [1.82, 2.24) is 5.32 Å². The molecule has 100 valence electrons. The van der Waals surface area contributed by atoms with Crippen LogP contribution in [0.3, 0.4) is 0 Å². The predicted molar refractivity (Wildman–Crippen MR) is 79.8 cm³/mol. The third-order valence-corrected chi connectivity index (χ3v) is 3.21. The molecule has 0 aliphatic rings. The Balaban J connectivity index is 1.96. The lowest BCUT2D eigenvalue weighted by atomic mass is 10.2. The Labute approximate surface area is 125 Å². The van der Waals surface area contributed by atoms with Gasteiger partial charge in [-0.15, -0.1) is 0 Å². The van der Waals surface area contributed by atoms with Crippen molar-refractivity contribution >= 4 is 21.8 Å². The number of rotatable bonds is 2. The van der Waals surface area contributed by atoms with E-state index in [9.17, 15) is 9.18 Å².